The summed E-state index contributed by atoms with van der Waals surface area (Å²) in [6.07, 6.45) is 2.76. The number of benzene rings is 2. The number of aromatic nitrogens is 1. The molecule has 0 saturated carbocycles. The first-order chi connectivity index (χ1) is 14.1. The van der Waals surface area contributed by atoms with Crippen molar-refractivity contribution in [2.75, 3.05) is 20.3 Å². The van der Waals surface area contributed by atoms with Crippen LogP contribution < -0.4 is 0 Å². The van der Waals surface area contributed by atoms with Crippen LogP contribution in [0.15, 0.2) is 66.7 Å². The van der Waals surface area contributed by atoms with Crippen molar-refractivity contribution in [3.8, 4) is 0 Å². The van der Waals surface area contributed by atoms with Gasteiger partial charge in [0.1, 0.15) is 12.3 Å². The molecule has 0 radical (unpaired) electrons. The maximum atomic E-state index is 13.2. The molecule has 150 valence electrons. The zero-order chi connectivity index (χ0) is 20.6. The third-order valence-corrected chi connectivity index (χ3v) is 4.47. The molecule has 0 fully saturated rings. The second-order valence-electron chi connectivity index (χ2n) is 6.68. The van der Waals surface area contributed by atoms with Crippen LogP contribution in [-0.2, 0) is 16.0 Å². The molecule has 0 bridgehead atoms. The van der Waals surface area contributed by atoms with Gasteiger partial charge in [-0.1, -0.05) is 48.0 Å². The van der Waals surface area contributed by atoms with Crippen molar-refractivity contribution in [3.63, 3.8) is 0 Å². The first-order valence-electron chi connectivity index (χ1n) is 9.35. The van der Waals surface area contributed by atoms with Crippen LogP contribution in [0.2, 0.25) is 0 Å². The van der Waals surface area contributed by atoms with Crippen LogP contribution in [0.3, 0.4) is 0 Å². The normalized spacial score (nSPS) is 11.0. The fourth-order valence-electron chi connectivity index (χ4n) is 3.01. The molecule has 3 aromatic rings. The van der Waals surface area contributed by atoms with Crippen LogP contribution in [0.1, 0.15) is 21.6 Å². The molecular formula is C23H24N2O4. The highest BCUT2D eigenvalue weighted by Gasteiger charge is 2.17. The van der Waals surface area contributed by atoms with Crippen molar-refractivity contribution in [2.45, 2.75) is 13.5 Å². The minimum Gasteiger partial charge on any atom is -0.438 e. The fourth-order valence-corrected chi connectivity index (χ4v) is 3.01. The van der Waals surface area contributed by atoms with E-state index in [1.54, 1.807) is 17.1 Å². The summed E-state index contributed by atoms with van der Waals surface area (Å²) < 4.78 is 9.26. The number of amides is 1. The number of rotatable bonds is 7. The number of carbonyl (C=O) groups is 2. The molecule has 0 unspecified atom stereocenters. The lowest BCUT2D eigenvalue weighted by atomic mass is 10.2. The minimum atomic E-state index is -0.736. The van der Waals surface area contributed by atoms with Gasteiger partial charge < -0.3 is 19.4 Å². The lowest BCUT2D eigenvalue weighted by Gasteiger charge is -2.21. The molecule has 1 N–H and O–H groups in total. The van der Waals surface area contributed by atoms with Crippen LogP contribution in [0, 0.1) is 6.92 Å². The molecule has 0 saturated heterocycles. The summed E-state index contributed by atoms with van der Waals surface area (Å²) in [5.74, 6) is -0.0961. The van der Waals surface area contributed by atoms with Gasteiger partial charge in [-0.3, -0.25) is 4.79 Å². The van der Waals surface area contributed by atoms with E-state index in [1.165, 1.54) is 7.11 Å². The van der Waals surface area contributed by atoms with Crippen LogP contribution in [0.25, 0.3) is 10.9 Å². The van der Waals surface area contributed by atoms with Crippen LogP contribution in [0.5, 0.6) is 0 Å². The first kappa shape index (κ1) is 20.2. The quantitative estimate of drug-likeness (QED) is 0.476. The SMILES string of the molecule is COC(=O)OC/C=C/CN(Cc1ccccc1)C(=O)c1cc2cc(C)ccc2[nH]1. The van der Waals surface area contributed by atoms with Gasteiger partial charge in [-0.2, -0.15) is 0 Å². The molecule has 0 aliphatic carbocycles. The Kier molecular flexibility index (Phi) is 6.68. The molecule has 29 heavy (non-hydrogen) atoms. The fraction of sp³-hybridized carbons (Fsp3) is 0.217. The lowest BCUT2D eigenvalue weighted by Crippen LogP contribution is -2.31. The average molecular weight is 392 g/mol. The molecule has 0 spiro atoms. The summed E-state index contributed by atoms with van der Waals surface area (Å²) >= 11 is 0. The highest BCUT2D eigenvalue weighted by atomic mass is 16.7. The average Bonchev–Trinajstić information content (AvgIpc) is 3.15. The Hall–Kier alpha value is -3.54. The van der Waals surface area contributed by atoms with E-state index in [2.05, 4.69) is 9.72 Å². The summed E-state index contributed by atoms with van der Waals surface area (Å²) in [6, 6.07) is 17.7. The standard InChI is InChI=1S/C23H24N2O4/c1-17-10-11-20-19(14-17)15-21(24-20)22(26)25(16-18-8-4-3-5-9-18)12-6-7-13-29-23(27)28-2/h3-11,14-15,24H,12-13,16H2,1-2H3/b7-6+. The molecule has 0 aliphatic rings. The van der Waals surface area contributed by atoms with Crippen molar-refractivity contribution in [1.82, 2.24) is 9.88 Å². The van der Waals surface area contributed by atoms with Gasteiger partial charge in [-0.25, -0.2) is 4.79 Å². The van der Waals surface area contributed by atoms with Crippen molar-refractivity contribution >= 4 is 23.0 Å². The molecule has 6 nitrogen and oxygen atoms in total. The van der Waals surface area contributed by atoms with E-state index in [1.807, 2.05) is 61.5 Å². The Labute approximate surface area is 169 Å². The maximum absolute atomic E-state index is 13.2. The van der Waals surface area contributed by atoms with E-state index in [0.717, 1.165) is 22.0 Å². The molecule has 0 aliphatic heterocycles. The van der Waals surface area contributed by atoms with E-state index in [9.17, 15) is 9.59 Å². The van der Waals surface area contributed by atoms with Gasteiger partial charge in [0.2, 0.25) is 0 Å². The number of nitrogens with one attached hydrogen (secondary N) is 1. The van der Waals surface area contributed by atoms with Crippen molar-refractivity contribution in [3.05, 3.63) is 83.6 Å². The number of nitrogens with zero attached hydrogens (tertiary/aromatic N) is 1. The third-order valence-electron chi connectivity index (χ3n) is 4.47. The Morgan fingerprint density at radius 2 is 1.86 bits per heavy atom. The molecule has 6 heteroatoms. The first-order valence-corrected chi connectivity index (χ1v) is 9.35. The van der Waals surface area contributed by atoms with E-state index < -0.39 is 6.16 Å². The number of aromatic amines is 1. The van der Waals surface area contributed by atoms with Gasteiger partial charge in [0, 0.05) is 24.0 Å². The number of carbonyl (C=O) groups excluding carboxylic acids is 2. The Morgan fingerprint density at radius 1 is 1.07 bits per heavy atom. The van der Waals surface area contributed by atoms with E-state index in [0.29, 0.717) is 18.8 Å². The second kappa shape index (κ2) is 9.59. The topological polar surface area (TPSA) is 71.6 Å². The number of hydrogen-bond donors (Lipinski definition) is 1. The number of methoxy groups -OCH3 is 1. The van der Waals surface area contributed by atoms with Gasteiger partial charge >= 0.3 is 6.16 Å². The third kappa shape index (κ3) is 5.48. The van der Waals surface area contributed by atoms with Crippen molar-refractivity contribution in [2.24, 2.45) is 0 Å². The van der Waals surface area contributed by atoms with Crippen LogP contribution in [-0.4, -0.2) is 42.2 Å². The van der Waals surface area contributed by atoms with E-state index in [-0.39, 0.29) is 12.5 Å². The molecule has 0 atom stereocenters. The molecular weight excluding hydrogens is 368 g/mol. The zero-order valence-electron chi connectivity index (χ0n) is 16.6. The number of ether oxygens (including phenoxy) is 2. The smallest absolute Gasteiger partial charge is 0.438 e. The largest absolute Gasteiger partial charge is 0.508 e. The van der Waals surface area contributed by atoms with Gasteiger partial charge in [0.15, 0.2) is 0 Å². The van der Waals surface area contributed by atoms with Crippen LogP contribution in [0.4, 0.5) is 4.79 Å². The van der Waals surface area contributed by atoms with Gasteiger partial charge in [0.05, 0.1) is 7.11 Å². The predicted molar refractivity (Wildman–Crippen MR) is 112 cm³/mol. The van der Waals surface area contributed by atoms with Crippen molar-refractivity contribution < 1.29 is 19.1 Å². The lowest BCUT2D eigenvalue weighted by molar-refractivity contribution is 0.0751. The molecule has 3 rings (SSSR count). The minimum absolute atomic E-state index is 0.0890. The van der Waals surface area contributed by atoms with Gasteiger partial charge in [-0.05, 0) is 36.8 Å². The zero-order valence-corrected chi connectivity index (χ0v) is 16.6. The van der Waals surface area contributed by atoms with Crippen LogP contribution >= 0.6 is 0 Å². The number of hydrogen-bond acceptors (Lipinski definition) is 4. The highest BCUT2D eigenvalue weighted by molar-refractivity contribution is 5.98. The molecule has 2 aromatic carbocycles. The Balaban J connectivity index is 1.76. The Bertz CT molecular complexity index is 1010. The number of H-pyrrole nitrogens is 1. The maximum Gasteiger partial charge on any atom is 0.508 e. The Morgan fingerprint density at radius 3 is 2.62 bits per heavy atom. The molecule has 1 amide bonds. The second-order valence-corrected chi connectivity index (χ2v) is 6.68. The molecule has 1 aromatic heterocycles. The van der Waals surface area contributed by atoms with Gasteiger partial charge in [-0.15, -0.1) is 0 Å². The summed E-state index contributed by atoms with van der Waals surface area (Å²) in [7, 11) is 1.26. The monoisotopic (exact) mass is 392 g/mol. The van der Waals surface area contributed by atoms with E-state index in [4.69, 9.17) is 4.74 Å². The van der Waals surface area contributed by atoms with E-state index >= 15 is 0 Å². The number of fused-ring (bicyclic) bond motifs is 1. The summed E-state index contributed by atoms with van der Waals surface area (Å²) in [5, 5.41) is 1.01. The van der Waals surface area contributed by atoms with Gasteiger partial charge in [0.25, 0.3) is 5.91 Å². The van der Waals surface area contributed by atoms with Crippen molar-refractivity contribution in [1.29, 1.82) is 0 Å². The summed E-state index contributed by atoms with van der Waals surface area (Å²) in [4.78, 5) is 29.1. The predicted octanol–water partition coefficient (Wildman–Crippen LogP) is 4.46. The molecule has 1 heterocycles. The summed E-state index contributed by atoms with van der Waals surface area (Å²) in [6.45, 7) is 2.96. The number of aryl methyl sites for hydroxylation is 1. The summed E-state index contributed by atoms with van der Waals surface area (Å²) in [5.41, 5.74) is 3.65. The highest BCUT2D eigenvalue weighted by Crippen LogP contribution is 2.19.